The number of anilines is 2. The molecule has 3 aliphatic heterocycles. The van der Waals surface area contributed by atoms with Crippen LogP contribution < -0.4 is 19.7 Å². The number of fused-ring (bicyclic) bond motifs is 2. The molecular formula is C23H25N3O4. The molecule has 0 aliphatic carbocycles. The largest absolute Gasteiger partial charge is 0.454 e. The predicted molar refractivity (Wildman–Crippen MR) is 113 cm³/mol. The van der Waals surface area contributed by atoms with E-state index in [1.165, 1.54) is 5.56 Å². The van der Waals surface area contributed by atoms with Crippen LogP contribution in [0, 0.1) is 5.92 Å². The van der Waals surface area contributed by atoms with Crippen molar-refractivity contribution in [2.24, 2.45) is 5.92 Å². The maximum Gasteiger partial charge on any atom is 0.241 e. The number of amides is 2. The molecule has 30 heavy (non-hydrogen) atoms. The molecule has 2 amide bonds. The van der Waals surface area contributed by atoms with Gasteiger partial charge in [-0.1, -0.05) is 18.2 Å². The topological polar surface area (TPSA) is 71.1 Å². The highest BCUT2D eigenvalue weighted by molar-refractivity contribution is 5.97. The number of likely N-dealkylation sites (tertiary alicyclic amines) is 1. The lowest BCUT2D eigenvalue weighted by Crippen LogP contribution is -2.44. The van der Waals surface area contributed by atoms with Crippen molar-refractivity contribution in [1.29, 1.82) is 0 Å². The number of hydrogen-bond donors (Lipinski definition) is 1. The maximum atomic E-state index is 12.8. The molecule has 156 valence electrons. The first kappa shape index (κ1) is 18.9. The highest BCUT2D eigenvalue weighted by Gasteiger charge is 2.29. The molecule has 5 rings (SSSR count). The Morgan fingerprint density at radius 2 is 1.80 bits per heavy atom. The fraction of sp³-hybridized carbons (Fsp3) is 0.391. The molecule has 2 aromatic rings. The zero-order valence-corrected chi connectivity index (χ0v) is 16.8. The smallest absolute Gasteiger partial charge is 0.241 e. The van der Waals surface area contributed by atoms with Crippen molar-refractivity contribution in [3.05, 3.63) is 48.0 Å². The number of para-hydroxylation sites is 1. The van der Waals surface area contributed by atoms with Crippen molar-refractivity contribution >= 4 is 23.2 Å². The molecule has 0 unspecified atom stereocenters. The van der Waals surface area contributed by atoms with Gasteiger partial charge in [0, 0.05) is 29.9 Å². The fourth-order valence-corrected chi connectivity index (χ4v) is 4.45. The summed E-state index contributed by atoms with van der Waals surface area (Å²) in [6.45, 7) is 2.88. The second-order valence-corrected chi connectivity index (χ2v) is 8.03. The van der Waals surface area contributed by atoms with Crippen LogP contribution in [0.5, 0.6) is 11.5 Å². The van der Waals surface area contributed by atoms with Gasteiger partial charge in [-0.3, -0.25) is 14.5 Å². The van der Waals surface area contributed by atoms with Crippen molar-refractivity contribution in [1.82, 2.24) is 4.90 Å². The molecule has 1 fully saturated rings. The lowest BCUT2D eigenvalue weighted by atomic mass is 9.95. The number of benzene rings is 2. The molecule has 0 spiro atoms. The fourth-order valence-electron chi connectivity index (χ4n) is 4.45. The first-order valence-electron chi connectivity index (χ1n) is 10.5. The minimum absolute atomic E-state index is 0.0216. The van der Waals surface area contributed by atoms with Crippen LogP contribution in [0.2, 0.25) is 0 Å². The Bertz CT molecular complexity index is 969. The first-order chi connectivity index (χ1) is 14.7. The van der Waals surface area contributed by atoms with Gasteiger partial charge in [-0.2, -0.15) is 0 Å². The van der Waals surface area contributed by atoms with E-state index >= 15 is 0 Å². The normalized spacial score (nSPS) is 18.3. The van der Waals surface area contributed by atoms with Gasteiger partial charge in [0.05, 0.1) is 6.54 Å². The van der Waals surface area contributed by atoms with E-state index < -0.39 is 0 Å². The van der Waals surface area contributed by atoms with Gasteiger partial charge in [-0.25, -0.2) is 0 Å². The molecule has 0 saturated carbocycles. The van der Waals surface area contributed by atoms with E-state index in [0.29, 0.717) is 18.0 Å². The predicted octanol–water partition coefficient (Wildman–Crippen LogP) is 2.66. The molecule has 0 bridgehead atoms. The second kappa shape index (κ2) is 7.99. The monoisotopic (exact) mass is 407 g/mol. The van der Waals surface area contributed by atoms with Gasteiger partial charge >= 0.3 is 0 Å². The summed E-state index contributed by atoms with van der Waals surface area (Å²) < 4.78 is 10.7. The third kappa shape index (κ3) is 3.73. The van der Waals surface area contributed by atoms with Crippen molar-refractivity contribution in [3.63, 3.8) is 0 Å². The van der Waals surface area contributed by atoms with Crippen molar-refractivity contribution in [3.8, 4) is 11.5 Å². The summed E-state index contributed by atoms with van der Waals surface area (Å²) in [5.74, 6) is 1.47. The molecule has 0 radical (unpaired) electrons. The van der Waals surface area contributed by atoms with Gasteiger partial charge in [0.2, 0.25) is 18.6 Å². The van der Waals surface area contributed by atoms with E-state index in [1.807, 2.05) is 35.2 Å². The van der Waals surface area contributed by atoms with Crippen molar-refractivity contribution < 1.29 is 19.1 Å². The molecule has 0 aromatic heterocycles. The molecule has 1 saturated heterocycles. The van der Waals surface area contributed by atoms with Crippen LogP contribution >= 0.6 is 0 Å². The van der Waals surface area contributed by atoms with E-state index in [0.717, 1.165) is 50.3 Å². The summed E-state index contributed by atoms with van der Waals surface area (Å²) in [6.07, 6.45) is 2.42. The average Bonchev–Trinajstić information content (AvgIpc) is 3.41. The minimum Gasteiger partial charge on any atom is -0.454 e. The Morgan fingerprint density at radius 1 is 1.00 bits per heavy atom. The number of rotatable bonds is 4. The van der Waals surface area contributed by atoms with E-state index in [2.05, 4.69) is 16.3 Å². The highest BCUT2D eigenvalue weighted by atomic mass is 16.7. The number of ether oxygens (including phenoxy) is 2. The highest BCUT2D eigenvalue weighted by Crippen LogP contribution is 2.34. The zero-order valence-electron chi connectivity index (χ0n) is 16.8. The first-order valence-corrected chi connectivity index (χ1v) is 10.5. The van der Waals surface area contributed by atoms with Crippen LogP contribution in [0.15, 0.2) is 42.5 Å². The second-order valence-electron chi connectivity index (χ2n) is 8.03. The molecule has 3 aliphatic rings. The summed E-state index contributed by atoms with van der Waals surface area (Å²) in [5.41, 5.74) is 3.00. The van der Waals surface area contributed by atoms with Gasteiger partial charge in [-0.15, -0.1) is 0 Å². The molecule has 7 nitrogen and oxygen atoms in total. The average molecular weight is 407 g/mol. The Balaban J connectivity index is 1.12. The van der Waals surface area contributed by atoms with Crippen LogP contribution in [0.1, 0.15) is 18.4 Å². The lowest BCUT2D eigenvalue weighted by Gasteiger charge is -2.32. The summed E-state index contributed by atoms with van der Waals surface area (Å²) in [5, 5.41) is 2.98. The third-order valence-corrected chi connectivity index (χ3v) is 6.15. The lowest BCUT2D eigenvalue weighted by molar-refractivity contribution is -0.122. The Kier molecular flexibility index (Phi) is 5.04. The van der Waals surface area contributed by atoms with Gasteiger partial charge in [0.1, 0.15) is 0 Å². The Labute approximate surface area is 175 Å². The van der Waals surface area contributed by atoms with Gasteiger partial charge in [-0.05, 0) is 56.1 Å². The number of nitrogens with one attached hydrogen (secondary N) is 1. The third-order valence-electron chi connectivity index (χ3n) is 6.15. The molecular weight excluding hydrogens is 382 g/mol. The van der Waals surface area contributed by atoms with E-state index in [-0.39, 0.29) is 24.5 Å². The SMILES string of the molecule is O=C(Nc1ccc2c(c1)OCO2)C1CCN(CC(=O)N2CCc3ccccc32)CC1. The van der Waals surface area contributed by atoms with Crippen LogP contribution in [0.25, 0.3) is 0 Å². The number of nitrogens with zero attached hydrogens (tertiary/aromatic N) is 2. The summed E-state index contributed by atoms with van der Waals surface area (Å²) in [4.78, 5) is 29.5. The van der Waals surface area contributed by atoms with Crippen molar-refractivity contribution in [2.45, 2.75) is 19.3 Å². The Hall–Kier alpha value is -3.06. The summed E-state index contributed by atoms with van der Waals surface area (Å²) in [7, 11) is 0. The minimum atomic E-state index is -0.0470. The molecule has 1 N–H and O–H groups in total. The molecule has 3 heterocycles. The van der Waals surface area contributed by atoms with Crippen LogP contribution in [-0.2, 0) is 16.0 Å². The molecule has 0 atom stereocenters. The van der Waals surface area contributed by atoms with Crippen LogP contribution in [-0.4, -0.2) is 49.7 Å². The molecule has 2 aromatic carbocycles. The van der Waals surface area contributed by atoms with E-state index in [1.54, 1.807) is 6.07 Å². The van der Waals surface area contributed by atoms with Gasteiger partial charge in [0.25, 0.3) is 0 Å². The van der Waals surface area contributed by atoms with Gasteiger partial charge < -0.3 is 19.7 Å². The van der Waals surface area contributed by atoms with E-state index in [9.17, 15) is 9.59 Å². The quantitative estimate of drug-likeness (QED) is 0.844. The van der Waals surface area contributed by atoms with Gasteiger partial charge in [0.15, 0.2) is 11.5 Å². The standard InChI is InChI=1S/C23H25N3O4/c27-22(26-12-9-16-3-1-2-4-19(16)26)14-25-10-7-17(8-11-25)23(28)24-18-5-6-20-21(13-18)30-15-29-20/h1-6,13,17H,7-12,14-15H2,(H,24,28). The number of hydrogen-bond acceptors (Lipinski definition) is 5. The molecule has 7 heteroatoms. The van der Waals surface area contributed by atoms with E-state index in [4.69, 9.17) is 9.47 Å². The summed E-state index contributed by atoms with van der Waals surface area (Å²) in [6, 6.07) is 13.5. The number of carbonyl (C=O) groups excluding carboxylic acids is 2. The number of piperidine rings is 1. The summed E-state index contributed by atoms with van der Waals surface area (Å²) >= 11 is 0. The van der Waals surface area contributed by atoms with Crippen molar-refractivity contribution in [2.75, 3.05) is 43.2 Å². The number of carbonyl (C=O) groups is 2. The Morgan fingerprint density at radius 3 is 2.67 bits per heavy atom. The van der Waals surface area contributed by atoms with Crippen LogP contribution in [0.4, 0.5) is 11.4 Å². The maximum absolute atomic E-state index is 12.8. The van der Waals surface area contributed by atoms with Crippen LogP contribution in [0.3, 0.4) is 0 Å². The zero-order chi connectivity index (χ0) is 20.5.